The number of H-pyrrole nitrogens is 1. The molecule has 2 heterocycles. The lowest BCUT2D eigenvalue weighted by molar-refractivity contribution is -0.136. The summed E-state index contributed by atoms with van der Waals surface area (Å²) in [6, 6.07) is 1.64. The van der Waals surface area contributed by atoms with Crippen molar-refractivity contribution in [3.63, 3.8) is 0 Å². The molecule has 2 rings (SSSR count). The lowest BCUT2D eigenvalue weighted by Gasteiger charge is -2.15. The molecule has 1 unspecified atom stereocenters. The number of nitrogens with one attached hydrogen (secondary N) is 3. The maximum absolute atomic E-state index is 11.8. The van der Waals surface area contributed by atoms with E-state index in [0.717, 1.165) is 4.47 Å². The Bertz CT molecular complexity index is 595. The Kier molecular flexibility index (Phi) is 4.69. The van der Waals surface area contributed by atoms with E-state index in [1.54, 1.807) is 6.07 Å². The number of nitrogens with zero attached hydrogens (tertiary/aromatic N) is 1. The fourth-order valence-corrected chi connectivity index (χ4v) is 2.48. The number of aromatic nitrogens is 1. The Morgan fingerprint density at radius 2 is 2.24 bits per heavy atom. The molecule has 1 aromatic rings. The van der Waals surface area contributed by atoms with Crippen LogP contribution in [0.5, 0.6) is 0 Å². The summed E-state index contributed by atoms with van der Waals surface area (Å²) >= 11 is 6.51. The lowest BCUT2D eigenvalue weighted by Crippen LogP contribution is -2.41. The number of guanidine groups is 1. The van der Waals surface area contributed by atoms with Crippen LogP contribution in [-0.4, -0.2) is 40.1 Å². The third-order valence-electron chi connectivity index (χ3n) is 2.87. The Morgan fingerprint density at radius 1 is 1.52 bits per heavy atom. The van der Waals surface area contributed by atoms with Crippen LogP contribution in [0.3, 0.4) is 0 Å². The van der Waals surface area contributed by atoms with Gasteiger partial charge in [0, 0.05) is 13.0 Å². The Balaban J connectivity index is 1.80. The third-order valence-corrected chi connectivity index (χ3v) is 4.65. The van der Waals surface area contributed by atoms with Gasteiger partial charge >= 0.3 is 0 Å². The number of rotatable bonds is 5. The molecule has 0 radical (unpaired) electrons. The molecule has 2 amide bonds. The summed E-state index contributed by atoms with van der Waals surface area (Å²) in [6.45, 7) is 0.290. The Labute approximate surface area is 136 Å². The van der Waals surface area contributed by atoms with Gasteiger partial charge in [-0.2, -0.15) is 0 Å². The summed E-state index contributed by atoms with van der Waals surface area (Å²) in [4.78, 5) is 29.8. The van der Waals surface area contributed by atoms with Crippen LogP contribution >= 0.6 is 31.9 Å². The Hall–Kier alpha value is -1.39. The average molecular weight is 423 g/mol. The standard InChI is InChI=1S/C11H13Br2N5O3/c12-5-4-6(16-7(5)13)8(19)15-3-1-2-11(21)9(20)17-10(14)18-11/h4,16,21H,1-3H2,(H,15,19)(H3,14,17,18,20). The van der Waals surface area contributed by atoms with Gasteiger partial charge in [0.05, 0.1) is 9.08 Å². The molecule has 1 aliphatic rings. The molecule has 6 N–H and O–H groups in total. The highest BCUT2D eigenvalue weighted by atomic mass is 79.9. The van der Waals surface area contributed by atoms with Crippen molar-refractivity contribution < 1.29 is 14.7 Å². The number of hydrogen-bond acceptors (Lipinski definition) is 5. The number of nitrogens with two attached hydrogens (primary N) is 1. The highest BCUT2D eigenvalue weighted by Gasteiger charge is 2.40. The van der Waals surface area contributed by atoms with E-state index in [0.29, 0.717) is 16.7 Å². The van der Waals surface area contributed by atoms with Crippen LogP contribution in [0.25, 0.3) is 0 Å². The van der Waals surface area contributed by atoms with Gasteiger partial charge in [-0.25, -0.2) is 4.99 Å². The van der Waals surface area contributed by atoms with Crippen molar-refractivity contribution >= 4 is 49.6 Å². The topological polar surface area (TPSA) is 133 Å². The van der Waals surface area contributed by atoms with Gasteiger partial charge in [0.1, 0.15) is 5.69 Å². The quantitative estimate of drug-likeness (QED) is 0.433. The van der Waals surface area contributed by atoms with Crippen LogP contribution in [0.4, 0.5) is 0 Å². The molecule has 0 saturated heterocycles. The first-order valence-corrected chi connectivity index (χ1v) is 7.62. The van der Waals surface area contributed by atoms with E-state index >= 15 is 0 Å². The number of halogens is 2. The zero-order valence-corrected chi connectivity index (χ0v) is 13.9. The van der Waals surface area contributed by atoms with Gasteiger partial charge in [0.15, 0.2) is 5.96 Å². The Morgan fingerprint density at radius 3 is 2.76 bits per heavy atom. The number of amides is 2. The molecule has 0 spiro atoms. The number of carbonyl (C=O) groups is 2. The minimum atomic E-state index is -1.84. The van der Waals surface area contributed by atoms with Crippen molar-refractivity contribution in [2.45, 2.75) is 18.6 Å². The first-order valence-electron chi connectivity index (χ1n) is 6.03. The third kappa shape index (κ3) is 3.63. The normalized spacial score (nSPS) is 21.1. The van der Waals surface area contributed by atoms with E-state index in [1.807, 2.05) is 0 Å². The van der Waals surface area contributed by atoms with Crippen molar-refractivity contribution in [1.82, 2.24) is 15.6 Å². The smallest absolute Gasteiger partial charge is 0.281 e. The number of carbonyl (C=O) groups excluding carboxylic acids is 2. The second-order valence-corrected chi connectivity index (χ2v) is 6.12. The second kappa shape index (κ2) is 6.16. The maximum atomic E-state index is 11.8. The van der Waals surface area contributed by atoms with E-state index in [1.165, 1.54) is 0 Å². The van der Waals surface area contributed by atoms with E-state index in [2.05, 4.69) is 52.5 Å². The van der Waals surface area contributed by atoms with Crippen LogP contribution in [0.2, 0.25) is 0 Å². The highest BCUT2D eigenvalue weighted by Crippen LogP contribution is 2.23. The predicted octanol–water partition coefficient (Wildman–Crippen LogP) is 0.183. The molecule has 1 atom stereocenters. The van der Waals surface area contributed by atoms with Crippen LogP contribution in [0.1, 0.15) is 23.3 Å². The molecular weight excluding hydrogens is 410 g/mol. The van der Waals surface area contributed by atoms with Crippen molar-refractivity contribution in [3.8, 4) is 0 Å². The lowest BCUT2D eigenvalue weighted by atomic mass is 10.1. The summed E-state index contributed by atoms with van der Waals surface area (Å²) in [5, 5.41) is 14.8. The first kappa shape index (κ1) is 16.0. The van der Waals surface area contributed by atoms with Crippen molar-refractivity contribution in [2.75, 3.05) is 6.54 Å². The van der Waals surface area contributed by atoms with Gasteiger partial charge in [-0.3, -0.25) is 14.9 Å². The summed E-state index contributed by atoms with van der Waals surface area (Å²) in [7, 11) is 0. The molecule has 8 nitrogen and oxygen atoms in total. The minimum absolute atomic E-state index is 0.0674. The van der Waals surface area contributed by atoms with E-state index in [9.17, 15) is 14.7 Å². The monoisotopic (exact) mass is 421 g/mol. The molecule has 114 valence electrons. The summed E-state index contributed by atoms with van der Waals surface area (Å²) in [5.74, 6) is -1.04. The summed E-state index contributed by atoms with van der Waals surface area (Å²) < 4.78 is 1.42. The van der Waals surface area contributed by atoms with Crippen LogP contribution in [0.15, 0.2) is 20.1 Å². The fourth-order valence-electron chi connectivity index (χ4n) is 1.82. The number of hydrogen-bond donors (Lipinski definition) is 5. The second-order valence-electron chi connectivity index (χ2n) is 4.47. The van der Waals surface area contributed by atoms with E-state index < -0.39 is 11.6 Å². The summed E-state index contributed by atoms with van der Waals surface area (Å²) in [6.07, 6.45) is 0.438. The van der Waals surface area contributed by atoms with Gasteiger partial charge in [0.25, 0.3) is 11.8 Å². The maximum Gasteiger partial charge on any atom is 0.281 e. The SMILES string of the molecule is NC1=NC(O)(CCCNC(=O)c2cc(Br)c(Br)[nH]2)C(=O)N1. The zero-order chi connectivity index (χ0) is 15.6. The molecule has 10 heteroatoms. The van der Waals surface area contributed by atoms with Crippen LogP contribution < -0.4 is 16.4 Å². The van der Waals surface area contributed by atoms with Gasteiger partial charge in [-0.1, -0.05) is 0 Å². The molecular formula is C11H13Br2N5O3. The van der Waals surface area contributed by atoms with Gasteiger partial charge in [-0.05, 0) is 44.3 Å². The predicted molar refractivity (Wildman–Crippen MR) is 82.5 cm³/mol. The van der Waals surface area contributed by atoms with E-state index in [4.69, 9.17) is 5.73 Å². The van der Waals surface area contributed by atoms with Crippen molar-refractivity contribution in [3.05, 3.63) is 20.8 Å². The number of aromatic amines is 1. The fraction of sp³-hybridized carbons (Fsp3) is 0.364. The van der Waals surface area contributed by atoms with Gasteiger partial charge in [0.2, 0.25) is 5.72 Å². The average Bonchev–Trinajstić information content (AvgIpc) is 2.86. The molecule has 0 fully saturated rings. The first-order chi connectivity index (χ1) is 9.82. The molecule has 1 aliphatic heterocycles. The summed E-state index contributed by atoms with van der Waals surface area (Å²) in [5.41, 5.74) is 3.88. The van der Waals surface area contributed by atoms with Gasteiger partial charge < -0.3 is 21.1 Å². The molecule has 0 aliphatic carbocycles. The van der Waals surface area contributed by atoms with Gasteiger partial charge in [-0.15, -0.1) is 0 Å². The molecule has 0 bridgehead atoms. The number of aliphatic hydroxyl groups is 1. The molecule has 1 aromatic heterocycles. The van der Waals surface area contributed by atoms with E-state index in [-0.39, 0.29) is 24.8 Å². The van der Waals surface area contributed by atoms with Crippen LogP contribution in [-0.2, 0) is 4.79 Å². The molecule has 21 heavy (non-hydrogen) atoms. The van der Waals surface area contributed by atoms with Crippen molar-refractivity contribution in [1.29, 1.82) is 0 Å². The van der Waals surface area contributed by atoms with Crippen LogP contribution in [0, 0.1) is 0 Å². The largest absolute Gasteiger partial charge is 0.370 e. The van der Waals surface area contributed by atoms with Crippen molar-refractivity contribution in [2.24, 2.45) is 10.7 Å². The molecule has 0 aromatic carbocycles. The highest BCUT2D eigenvalue weighted by molar-refractivity contribution is 9.13. The zero-order valence-electron chi connectivity index (χ0n) is 10.7. The molecule has 0 saturated carbocycles. The number of aliphatic imine (C=N–C) groups is 1. The minimum Gasteiger partial charge on any atom is -0.370 e.